The summed E-state index contributed by atoms with van der Waals surface area (Å²) in [7, 11) is 1.71. The Labute approximate surface area is 105 Å². The van der Waals surface area contributed by atoms with Gasteiger partial charge in [-0.3, -0.25) is 0 Å². The van der Waals surface area contributed by atoms with Crippen molar-refractivity contribution in [1.29, 1.82) is 0 Å². The molecule has 1 aromatic carbocycles. The van der Waals surface area contributed by atoms with Gasteiger partial charge < -0.3 is 10.1 Å². The van der Waals surface area contributed by atoms with Crippen LogP contribution >= 0.6 is 0 Å². The van der Waals surface area contributed by atoms with Crippen molar-refractivity contribution in [2.24, 2.45) is 5.92 Å². The van der Waals surface area contributed by atoms with Gasteiger partial charge in [0.15, 0.2) is 0 Å². The predicted molar refractivity (Wildman–Crippen MR) is 73.5 cm³/mol. The molecule has 0 aliphatic heterocycles. The topological polar surface area (TPSA) is 21.3 Å². The van der Waals surface area contributed by atoms with Gasteiger partial charge >= 0.3 is 0 Å². The Morgan fingerprint density at radius 2 is 2.00 bits per heavy atom. The van der Waals surface area contributed by atoms with E-state index in [0.717, 1.165) is 12.3 Å². The third-order valence-corrected chi connectivity index (χ3v) is 3.58. The van der Waals surface area contributed by atoms with Crippen LogP contribution in [0.3, 0.4) is 0 Å². The van der Waals surface area contributed by atoms with Gasteiger partial charge in [0.1, 0.15) is 5.75 Å². The Bertz CT molecular complexity index is 349. The van der Waals surface area contributed by atoms with Crippen molar-refractivity contribution in [2.45, 2.75) is 46.7 Å². The van der Waals surface area contributed by atoms with Crippen LogP contribution in [0.15, 0.2) is 18.2 Å². The van der Waals surface area contributed by atoms with Gasteiger partial charge in [0.25, 0.3) is 0 Å². The molecule has 0 spiro atoms. The SMILES string of the molecule is CCC(C)C(C)NCc1ccc(OC)c(C)c1. The molecule has 0 fully saturated rings. The van der Waals surface area contributed by atoms with E-state index in [-0.39, 0.29) is 0 Å². The Morgan fingerprint density at radius 3 is 2.53 bits per heavy atom. The third kappa shape index (κ3) is 4.04. The van der Waals surface area contributed by atoms with Crippen LogP contribution in [-0.4, -0.2) is 13.2 Å². The van der Waals surface area contributed by atoms with Gasteiger partial charge in [-0.05, 0) is 37.0 Å². The monoisotopic (exact) mass is 235 g/mol. The second-order valence-electron chi connectivity index (χ2n) is 4.86. The second-order valence-corrected chi connectivity index (χ2v) is 4.86. The summed E-state index contributed by atoms with van der Waals surface area (Å²) < 4.78 is 5.26. The minimum atomic E-state index is 0.558. The molecular formula is C15H25NO. The first kappa shape index (κ1) is 14.0. The number of ether oxygens (including phenoxy) is 1. The molecule has 2 unspecified atom stereocenters. The van der Waals surface area contributed by atoms with Crippen LogP contribution in [0.25, 0.3) is 0 Å². The van der Waals surface area contributed by atoms with Gasteiger partial charge in [0.2, 0.25) is 0 Å². The molecule has 0 radical (unpaired) electrons. The number of rotatable bonds is 6. The van der Waals surface area contributed by atoms with Crippen LogP contribution in [0.1, 0.15) is 38.3 Å². The molecule has 0 aliphatic rings. The molecule has 0 saturated carbocycles. The van der Waals surface area contributed by atoms with Gasteiger partial charge in [-0.1, -0.05) is 32.4 Å². The molecule has 1 aromatic rings. The number of nitrogens with one attached hydrogen (secondary N) is 1. The van der Waals surface area contributed by atoms with Crippen molar-refractivity contribution in [2.75, 3.05) is 7.11 Å². The summed E-state index contributed by atoms with van der Waals surface area (Å²) >= 11 is 0. The molecule has 17 heavy (non-hydrogen) atoms. The molecule has 2 atom stereocenters. The molecule has 0 aromatic heterocycles. The van der Waals surface area contributed by atoms with E-state index in [1.807, 2.05) is 6.07 Å². The zero-order valence-electron chi connectivity index (χ0n) is 11.7. The maximum atomic E-state index is 5.26. The van der Waals surface area contributed by atoms with Crippen molar-refractivity contribution < 1.29 is 4.74 Å². The molecule has 1 rings (SSSR count). The standard InChI is InChI=1S/C15H25NO/c1-6-11(2)13(4)16-10-14-7-8-15(17-5)12(3)9-14/h7-9,11,13,16H,6,10H2,1-5H3. The van der Waals surface area contributed by atoms with E-state index in [4.69, 9.17) is 4.74 Å². The molecule has 0 aliphatic carbocycles. The predicted octanol–water partition coefficient (Wildman–Crippen LogP) is 3.53. The van der Waals surface area contributed by atoms with Gasteiger partial charge in [-0.15, -0.1) is 0 Å². The van der Waals surface area contributed by atoms with Gasteiger partial charge in [-0.25, -0.2) is 0 Å². The number of hydrogen-bond acceptors (Lipinski definition) is 2. The molecule has 2 heteroatoms. The van der Waals surface area contributed by atoms with E-state index in [1.54, 1.807) is 7.11 Å². The number of hydrogen-bond donors (Lipinski definition) is 1. The van der Waals surface area contributed by atoms with Gasteiger partial charge in [-0.2, -0.15) is 0 Å². The first-order chi connectivity index (χ1) is 8.08. The normalized spacial score (nSPS) is 14.4. The molecule has 0 amide bonds. The van der Waals surface area contributed by atoms with Crippen LogP contribution in [0.2, 0.25) is 0 Å². The van der Waals surface area contributed by atoms with E-state index >= 15 is 0 Å². The van der Waals surface area contributed by atoms with Crippen molar-refractivity contribution >= 4 is 0 Å². The quantitative estimate of drug-likeness (QED) is 0.814. The van der Waals surface area contributed by atoms with Crippen molar-refractivity contribution in [1.82, 2.24) is 5.32 Å². The minimum Gasteiger partial charge on any atom is -0.496 e. The second kappa shape index (κ2) is 6.65. The summed E-state index contributed by atoms with van der Waals surface area (Å²) in [6.45, 7) is 9.79. The number of benzene rings is 1. The Kier molecular flexibility index (Phi) is 5.49. The summed E-state index contributed by atoms with van der Waals surface area (Å²) in [5.74, 6) is 1.68. The minimum absolute atomic E-state index is 0.558. The summed E-state index contributed by atoms with van der Waals surface area (Å²) in [6.07, 6.45) is 1.22. The highest BCUT2D eigenvalue weighted by Crippen LogP contribution is 2.18. The Balaban J connectivity index is 2.55. The van der Waals surface area contributed by atoms with Crippen LogP contribution in [0.4, 0.5) is 0 Å². The molecule has 1 N–H and O–H groups in total. The van der Waals surface area contributed by atoms with Crippen molar-refractivity contribution in [3.63, 3.8) is 0 Å². The fourth-order valence-electron chi connectivity index (χ4n) is 1.88. The number of aryl methyl sites for hydroxylation is 1. The van der Waals surface area contributed by atoms with E-state index in [0.29, 0.717) is 12.0 Å². The lowest BCUT2D eigenvalue weighted by Crippen LogP contribution is -2.31. The lowest BCUT2D eigenvalue weighted by atomic mass is 10.0. The Morgan fingerprint density at radius 1 is 1.29 bits per heavy atom. The summed E-state index contributed by atoms with van der Waals surface area (Å²) in [5, 5.41) is 3.57. The van der Waals surface area contributed by atoms with E-state index in [9.17, 15) is 0 Å². The first-order valence-corrected chi connectivity index (χ1v) is 6.45. The van der Waals surface area contributed by atoms with E-state index in [1.165, 1.54) is 17.5 Å². The van der Waals surface area contributed by atoms with Gasteiger partial charge in [0, 0.05) is 12.6 Å². The molecule has 2 nitrogen and oxygen atoms in total. The van der Waals surface area contributed by atoms with E-state index in [2.05, 4.69) is 45.1 Å². The van der Waals surface area contributed by atoms with Crippen molar-refractivity contribution in [3.05, 3.63) is 29.3 Å². The molecule has 0 heterocycles. The summed E-state index contributed by atoms with van der Waals surface area (Å²) in [5.41, 5.74) is 2.52. The fraction of sp³-hybridized carbons (Fsp3) is 0.600. The lowest BCUT2D eigenvalue weighted by Gasteiger charge is -2.20. The van der Waals surface area contributed by atoms with Crippen molar-refractivity contribution in [3.8, 4) is 5.75 Å². The first-order valence-electron chi connectivity index (χ1n) is 6.45. The average Bonchev–Trinajstić information content (AvgIpc) is 2.35. The van der Waals surface area contributed by atoms with Crippen LogP contribution < -0.4 is 10.1 Å². The highest BCUT2D eigenvalue weighted by atomic mass is 16.5. The molecular weight excluding hydrogens is 210 g/mol. The molecule has 0 bridgehead atoms. The number of methoxy groups -OCH3 is 1. The lowest BCUT2D eigenvalue weighted by molar-refractivity contribution is 0.389. The largest absolute Gasteiger partial charge is 0.496 e. The zero-order chi connectivity index (χ0) is 12.8. The molecule has 96 valence electrons. The maximum absolute atomic E-state index is 5.26. The van der Waals surface area contributed by atoms with Crippen LogP contribution in [0.5, 0.6) is 5.75 Å². The van der Waals surface area contributed by atoms with Crippen LogP contribution in [-0.2, 0) is 6.54 Å². The highest BCUT2D eigenvalue weighted by molar-refractivity contribution is 5.36. The zero-order valence-corrected chi connectivity index (χ0v) is 11.7. The maximum Gasteiger partial charge on any atom is 0.121 e. The van der Waals surface area contributed by atoms with E-state index < -0.39 is 0 Å². The highest BCUT2D eigenvalue weighted by Gasteiger charge is 2.09. The van der Waals surface area contributed by atoms with Crippen LogP contribution in [0, 0.1) is 12.8 Å². The third-order valence-electron chi connectivity index (χ3n) is 3.58. The fourth-order valence-corrected chi connectivity index (χ4v) is 1.88. The molecule has 0 saturated heterocycles. The average molecular weight is 235 g/mol. The Hall–Kier alpha value is -1.02. The van der Waals surface area contributed by atoms with Gasteiger partial charge in [0.05, 0.1) is 7.11 Å². The summed E-state index contributed by atoms with van der Waals surface area (Å²) in [4.78, 5) is 0. The smallest absolute Gasteiger partial charge is 0.121 e. The summed E-state index contributed by atoms with van der Waals surface area (Å²) in [6, 6.07) is 6.92.